The Morgan fingerprint density at radius 3 is 2.86 bits per heavy atom. The number of amides is 1. The summed E-state index contributed by atoms with van der Waals surface area (Å²) in [4.78, 5) is 17.9. The van der Waals surface area contributed by atoms with Crippen molar-refractivity contribution >= 4 is 5.91 Å². The van der Waals surface area contributed by atoms with Crippen LogP contribution in [0.15, 0.2) is 28.8 Å². The van der Waals surface area contributed by atoms with Gasteiger partial charge in [-0.1, -0.05) is 11.2 Å². The maximum absolute atomic E-state index is 12.0. The summed E-state index contributed by atoms with van der Waals surface area (Å²) < 4.78 is 15.7. The highest BCUT2D eigenvalue weighted by Gasteiger charge is 2.35. The van der Waals surface area contributed by atoms with Gasteiger partial charge >= 0.3 is 0 Å². The fourth-order valence-corrected chi connectivity index (χ4v) is 2.24. The van der Waals surface area contributed by atoms with Gasteiger partial charge in [-0.3, -0.25) is 4.79 Å². The average molecular weight is 303 g/mol. The third-order valence-corrected chi connectivity index (χ3v) is 3.53. The molecule has 1 aliphatic heterocycles. The molecule has 0 unspecified atom stereocenters. The number of hydrogen-bond donors (Lipinski definition) is 0. The topological polar surface area (TPSA) is 77.7 Å². The van der Waals surface area contributed by atoms with E-state index in [1.54, 1.807) is 31.1 Å². The zero-order valence-electron chi connectivity index (χ0n) is 12.5. The first-order valence-electron chi connectivity index (χ1n) is 7.00. The number of aromatic nitrogens is 2. The van der Waals surface area contributed by atoms with Crippen LogP contribution in [0, 0.1) is 6.92 Å². The van der Waals surface area contributed by atoms with Crippen molar-refractivity contribution in [2.24, 2.45) is 0 Å². The maximum Gasteiger partial charge on any atom is 0.260 e. The largest absolute Gasteiger partial charge is 0.497 e. The molecule has 7 heteroatoms. The number of ether oxygens (including phenoxy) is 2. The summed E-state index contributed by atoms with van der Waals surface area (Å²) in [5.74, 6) is 2.58. The number of rotatable bonds is 5. The molecule has 0 saturated carbocycles. The highest BCUT2D eigenvalue weighted by Crippen LogP contribution is 2.26. The van der Waals surface area contributed by atoms with Gasteiger partial charge in [-0.2, -0.15) is 4.98 Å². The van der Waals surface area contributed by atoms with Gasteiger partial charge in [-0.25, -0.2) is 0 Å². The standard InChI is InChI=1S/C15H17N3O4/c1-10-16-15(22-17-10)11-7-18(8-11)14(19)9-21-13-5-3-4-12(6-13)20-2/h3-6,11H,7-9H2,1-2H3. The molecule has 1 amide bonds. The van der Waals surface area contributed by atoms with Crippen LogP contribution in [0.4, 0.5) is 0 Å². The molecule has 0 spiro atoms. The number of nitrogens with zero attached hydrogens (tertiary/aromatic N) is 3. The third-order valence-electron chi connectivity index (χ3n) is 3.53. The van der Waals surface area contributed by atoms with E-state index in [9.17, 15) is 4.79 Å². The lowest BCUT2D eigenvalue weighted by Gasteiger charge is -2.36. The molecular weight excluding hydrogens is 286 g/mol. The monoisotopic (exact) mass is 303 g/mol. The molecular formula is C15H17N3O4. The summed E-state index contributed by atoms with van der Waals surface area (Å²) in [7, 11) is 1.59. The molecule has 3 rings (SSSR count). The smallest absolute Gasteiger partial charge is 0.260 e. The summed E-state index contributed by atoms with van der Waals surface area (Å²) in [6.07, 6.45) is 0. The van der Waals surface area contributed by atoms with Gasteiger partial charge in [-0.15, -0.1) is 0 Å². The van der Waals surface area contributed by atoms with Gasteiger partial charge in [0.1, 0.15) is 11.5 Å². The maximum atomic E-state index is 12.0. The van der Waals surface area contributed by atoms with E-state index in [1.165, 1.54) is 0 Å². The number of aryl methyl sites for hydroxylation is 1. The summed E-state index contributed by atoms with van der Waals surface area (Å²) in [6.45, 7) is 2.95. The molecule has 1 aliphatic rings. The van der Waals surface area contributed by atoms with E-state index < -0.39 is 0 Å². The quantitative estimate of drug-likeness (QED) is 0.830. The van der Waals surface area contributed by atoms with Crippen molar-refractivity contribution in [3.63, 3.8) is 0 Å². The number of carbonyl (C=O) groups excluding carboxylic acids is 1. The zero-order valence-corrected chi connectivity index (χ0v) is 12.5. The van der Waals surface area contributed by atoms with Crippen molar-refractivity contribution in [3.05, 3.63) is 36.0 Å². The number of methoxy groups -OCH3 is 1. The summed E-state index contributed by atoms with van der Waals surface area (Å²) in [5, 5.41) is 3.76. The number of benzene rings is 1. The highest BCUT2D eigenvalue weighted by molar-refractivity contribution is 5.78. The Labute approximate surface area is 127 Å². The molecule has 1 saturated heterocycles. The van der Waals surface area contributed by atoms with Crippen molar-refractivity contribution in [1.82, 2.24) is 15.0 Å². The Balaban J connectivity index is 1.47. The van der Waals surface area contributed by atoms with Crippen LogP contribution in [0.5, 0.6) is 11.5 Å². The van der Waals surface area contributed by atoms with Gasteiger partial charge in [0.05, 0.1) is 13.0 Å². The molecule has 0 N–H and O–H groups in total. The van der Waals surface area contributed by atoms with Gasteiger partial charge < -0.3 is 18.9 Å². The first-order chi connectivity index (χ1) is 10.7. The molecule has 116 valence electrons. The molecule has 7 nitrogen and oxygen atoms in total. The van der Waals surface area contributed by atoms with Crippen molar-refractivity contribution < 1.29 is 18.8 Å². The number of likely N-dealkylation sites (tertiary alicyclic amines) is 1. The first kappa shape index (κ1) is 14.4. The Hall–Kier alpha value is -2.57. The average Bonchev–Trinajstić information content (AvgIpc) is 2.90. The van der Waals surface area contributed by atoms with E-state index in [0.717, 1.165) is 0 Å². The normalized spacial score (nSPS) is 14.5. The summed E-state index contributed by atoms with van der Waals surface area (Å²) in [5.41, 5.74) is 0. The van der Waals surface area contributed by atoms with Gasteiger partial charge in [0.25, 0.3) is 5.91 Å². The second-order valence-electron chi connectivity index (χ2n) is 5.14. The van der Waals surface area contributed by atoms with Crippen LogP contribution in [0.25, 0.3) is 0 Å². The Bertz CT molecular complexity index is 664. The van der Waals surface area contributed by atoms with Crippen LogP contribution in [-0.2, 0) is 4.79 Å². The van der Waals surface area contributed by atoms with E-state index >= 15 is 0 Å². The van der Waals surface area contributed by atoms with Gasteiger partial charge in [-0.05, 0) is 19.1 Å². The first-order valence-corrected chi connectivity index (χ1v) is 7.00. The molecule has 0 aliphatic carbocycles. The zero-order chi connectivity index (χ0) is 15.5. The SMILES string of the molecule is COc1cccc(OCC(=O)N2CC(c3nc(C)no3)C2)c1. The van der Waals surface area contributed by atoms with Gasteiger partial charge in [0.2, 0.25) is 5.89 Å². The van der Waals surface area contributed by atoms with E-state index in [-0.39, 0.29) is 18.4 Å². The lowest BCUT2D eigenvalue weighted by atomic mass is 10.0. The van der Waals surface area contributed by atoms with Gasteiger partial charge in [0.15, 0.2) is 12.4 Å². The fraction of sp³-hybridized carbons (Fsp3) is 0.400. The predicted octanol–water partition coefficient (Wildman–Crippen LogP) is 1.39. The Morgan fingerprint density at radius 2 is 2.18 bits per heavy atom. The highest BCUT2D eigenvalue weighted by atomic mass is 16.5. The van der Waals surface area contributed by atoms with E-state index in [1.807, 2.05) is 12.1 Å². The van der Waals surface area contributed by atoms with Crippen molar-refractivity contribution in [3.8, 4) is 11.5 Å². The lowest BCUT2D eigenvalue weighted by molar-refractivity contribution is -0.138. The van der Waals surface area contributed by atoms with E-state index in [0.29, 0.717) is 36.3 Å². The Morgan fingerprint density at radius 1 is 1.41 bits per heavy atom. The van der Waals surface area contributed by atoms with Crippen LogP contribution in [0.1, 0.15) is 17.6 Å². The van der Waals surface area contributed by atoms with Crippen LogP contribution in [0.3, 0.4) is 0 Å². The number of hydrogen-bond acceptors (Lipinski definition) is 6. The van der Waals surface area contributed by atoms with Crippen molar-refractivity contribution in [2.45, 2.75) is 12.8 Å². The van der Waals surface area contributed by atoms with E-state index in [2.05, 4.69) is 10.1 Å². The molecule has 1 aromatic heterocycles. The van der Waals surface area contributed by atoms with E-state index in [4.69, 9.17) is 14.0 Å². The van der Waals surface area contributed by atoms with Crippen LogP contribution >= 0.6 is 0 Å². The minimum absolute atomic E-state index is 0.00273. The minimum Gasteiger partial charge on any atom is -0.497 e. The third kappa shape index (κ3) is 3.03. The van der Waals surface area contributed by atoms with Gasteiger partial charge in [0, 0.05) is 19.2 Å². The molecule has 1 fully saturated rings. The fourth-order valence-electron chi connectivity index (χ4n) is 2.24. The predicted molar refractivity (Wildman–Crippen MR) is 76.8 cm³/mol. The van der Waals surface area contributed by atoms with Crippen LogP contribution in [-0.4, -0.2) is 47.8 Å². The minimum atomic E-state index is -0.0599. The lowest BCUT2D eigenvalue weighted by Crippen LogP contribution is -2.50. The Kier molecular flexibility index (Phi) is 3.95. The van der Waals surface area contributed by atoms with Crippen LogP contribution in [0.2, 0.25) is 0 Å². The second-order valence-corrected chi connectivity index (χ2v) is 5.14. The molecule has 2 heterocycles. The molecule has 22 heavy (non-hydrogen) atoms. The van der Waals surface area contributed by atoms with Crippen molar-refractivity contribution in [2.75, 3.05) is 26.8 Å². The number of carbonyl (C=O) groups is 1. The summed E-state index contributed by atoms with van der Waals surface area (Å²) in [6, 6.07) is 7.17. The second kappa shape index (κ2) is 6.05. The van der Waals surface area contributed by atoms with Crippen LogP contribution < -0.4 is 9.47 Å². The molecule has 0 radical (unpaired) electrons. The molecule has 2 aromatic rings. The molecule has 0 bridgehead atoms. The molecule has 1 aromatic carbocycles. The van der Waals surface area contributed by atoms with Crippen molar-refractivity contribution in [1.29, 1.82) is 0 Å². The molecule has 0 atom stereocenters. The summed E-state index contributed by atoms with van der Waals surface area (Å²) >= 11 is 0.